The largest absolute Gasteiger partial charge is 0.381 e. The van der Waals surface area contributed by atoms with E-state index in [1.807, 2.05) is 0 Å². The lowest BCUT2D eigenvalue weighted by molar-refractivity contribution is 1.08. The first kappa shape index (κ1) is 13.7. The van der Waals surface area contributed by atoms with Crippen molar-refractivity contribution in [2.75, 3.05) is 5.32 Å². The van der Waals surface area contributed by atoms with Gasteiger partial charge in [-0.05, 0) is 60.1 Å². The summed E-state index contributed by atoms with van der Waals surface area (Å²) in [5.74, 6) is 0.843. The number of hydrogen-bond acceptors (Lipinski definition) is 1. The molecule has 0 atom stereocenters. The van der Waals surface area contributed by atoms with Gasteiger partial charge in [0.05, 0.1) is 0 Å². The minimum absolute atomic E-state index is 0.843. The van der Waals surface area contributed by atoms with Crippen LogP contribution >= 0.6 is 15.9 Å². The summed E-state index contributed by atoms with van der Waals surface area (Å²) in [4.78, 5) is 0. The monoisotopic (exact) mass is 329 g/mol. The van der Waals surface area contributed by atoms with E-state index in [0.29, 0.717) is 0 Å². The Balaban J connectivity index is 1.66. The molecule has 1 aliphatic rings. The van der Waals surface area contributed by atoms with Crippen LogP contribution in [0.2, 0.25) is 0 Å². The molecule has 0 aromatic heterocycles. The SMILES string of the molecule is CCc1cc(Br)ccc1NCc1ccc(C2CC2)cc1. The number of halogens is 1. The second-order valence-corrected chi connectivity index (χ2v) is 6.44. The molecule has 0 radical (unpaired) electrons. The number of anilines is 1. The van der Waals surface area contributed by atoms with Crippen LogP contribution in [0.25, 0.3) is 0 Å². The summed E-state index contributed by atoms with van der Waals surface area (Å²) in [5.41, 5.74) is 5.45. The number of benzene rings is 2. The van der Waals surface area contributed by atoms with Crippen molar-refractivity contribution in [3.63, 3.8) is 0 Å². The maximum Gasteiger partial charge on any atom is 0.0400 e. The second-order valence-electron chi connectivity index (χ2n) is 5.52. The van der Waals surface area contributed by atoms with Crippen LogP contribution in [0.1, 0.15) is 42.4 Å². The third-order valence-electron chi connectivity index (χ3n) is 3.96. The smallest absolute Gasteiger partial charge is 0.0400 e. The summed E-state index contributed by atoms with van der Waals surface area (Å²) in [6, 6.07) is 15.5. The molecule has 1 saturated carbocycles. The molecular formula is C18H20BrN. The van der Waals surface area contributed by atoms with Gasteiger partial charge in [0.15, 0.2) is 0 Å². The normalized spacial score (nSPS) is 14.3. The summed E-state index contributed by atoms with van der Waals surface area (Å²) >= 11 is 3.53. The van der Waals surface area contributed by atoms with Gasteiger partial charge in [0, 0.05) is 16.7 Å². The molecule has 0 unspecified atom stereocenters. The first-order chi connectivity index (χ1) is 9.76. The van der Waals surface area contributed by atoms with E-state index in [-0.39, 0.29) is 0 Å². The van der Waals surface area contributed by atoms with Crippen LogP contribution in [-0.2, 0) is 13.0 Å². The number of hydrogen-bond donors (Lipinski definition) is 1. The van der Waals surface area contributed by atoms with E-state index in [2.05, 4.69) is 70.6 Å². The molecule has 0 amide bonds. The summed E-state index contributed by atoms with van der Waals surface area (Å²) in [7, 11) is 0. The molecule has 1 fully saturated rings. The van der Waals surface area contributed by atoms with E-state index < -0.39 is 0 Å². The molecule has 20 heavy (non-hydrogen) atoms. The highest BCUT2D eigenvalue weighted by molar-refractivity contribution is 9.10. The van der Waals surface area contributed by atoms with Crippen LogP contribution < -0.4 is 5.32 Å². The molecule has 104 valence electrons. The molecule has 2 aromatic rings. The Morgan fingerprint density at radius 1 is 1.10 bits per heavy atom. The third-order valence-corrected chi connectivity index (χ3v) is 4.45. The van der Waals surface area contributed by atoms with Crippen molar-refractivity contribution in [1.29, 1.82) is 0 Å². The Hall–Kier alpha value is -1.28. The topological polar surface area (TPSA) is 12.0 Å². The van der Waals surface area contributed by atoms with Crippen molar-refractivity contribution < 1.29 is 0 Å². The fourth-order valence-corrected chi connectivity index (χ4v) is 2.96. The molecule has 1 N–H and O–H groups in total. The summed E-state index contributed by atoms with van der Waals surface area (Å²) in [5, 5.41) is 3.55. The maximum absolute atomic E-state index is 3.55. The van der Waals surface area contributed by atoms with E-state index in [1.165, 1.54) is 35.2 Å². The van der Waals surface area contributed by atoms with E-state index in [4.69, 9.17) is 0 Å². The minimum atomic E-state index is 0.843. The van der Waals surface area contributed by atoms with Crippen LogP contribution in [0, 0.1) is 0 Å². The van der Waals surface area contributed by atoms with Crippen LogP contribution in [0.5, 0.6) is 0 Å². The molecule has 0 heterocycles. The van der Waals surface area contributed by atoms with E-state index in [0.717, 1.165) is 23.4 Å². The highest BCUT2D eigenvalue weighted by Crippen LogP contribution is 2.39. The van der Waals surface area contributed by atoms with E-state index in [9.17, 15) is 0 Å². The molecule has 0 saturated heterocycles. The predicted molar refractivity (Wildman–Crippen MR) is 89.3 cm³/mol. The molecule has 0 bridgehead atoms. The molecule has 2 aromatic carbocycles. The van der Waals surface area contributed by atoms with Crippen molar-refractivity contribution in [3.8, 4) is 0 Å². The summed E-state index contributed by atoms with van der Waals surface area (Å²) < 4.78 is 1.15. The Morgan fingerprint density at radius 3 is 2.50 bits per heavy atom. The van der Waals surface area contributed by atoms with Crippen molar-refractivity contribution in [2.45, 2.75) is 38.6 Å². The lowest BCUT2D eigenvalue weighted by Gasteiger charge is -2.12. The van der Waals surface area contributed by atoms with Gasteiger partial charge in [-0.2, -0.15) is 0 Å². The molecule has 3 rings (SSSR count). The molecule has 0 aliphatic heterocycles. The Bertz CT molecular complexity index is 585. The zero-order valence-electron chi connectivity index (χ0n) is 11.8. The van der Waals surface area contributed by atoms with Gasteiger partial charge in [-0.1, -0.05) is 47.1 Å². The van der Waals surface area contributed by atoms with Crippen molar-refractivity contribution >= 4 is 21.6 Å². The van der Waals surface area contributed by atoms with Gasteiger partial charge < -0.3 is 5.32 Å². The van der Waals surface area contributed by atoms with Gasteiger partial charge in [-0.3, -0.25) is 0 Å². The number of rotatable bonds is 5. The minimum Gasteiger partial charge on any atom is -0.381 e. The molecule has 1 nitrogen and oxygen atoms in total. The zero-order chi connectivity index (χ0) is 13.9. The lowest BCUT2D eigenvalue weighted by Crippen LogP contribution is -2.02. The zero-order valence-corrected chi connectivity index (χ0v) is 13.4. The van der Waals surface area contributed by atoms with Crippen LogP contribution in [0.4, 0.5) is 5.69 Å². The van der Waals surface area contributed by atoms with E-state index in [1.54, 1.807) is 0 Å². The fourth-order valence-electron chi connectivity index (χ4n) is 2.55. The first-order valence-electron chi connectivity index (χ1n) is 7.37. The maximum atomic E-state index is 3.55. The van der Waals surface area contributed by atoms with Gasteiger partial charge >= 0.3 is 0 Å². The van der Waals surface area contributed by atoms with Gasteiger partial charge in [0.2, 0.25) is 0 Å². The summed E-state index contributed by atoms with van der Waals surface area (Å²) in [6.45, 7) is 3.08. The quantitative estimate of drug-likeness (QED) is 0.763. The van der Waals surface area contributed by atoms with Gasteiger partial charge in [-0.25, -0.2) is 0 Å². The van der Waals surface area contributed by atoms with Crippen molar-refractivity contribution in [2.24, 2.45) is 0 Å². The second kappa shape index (κ2) is 6.01. The Labute approximate surface area is 129 Å². The molecule has 0 spiro atoms. The van der Waals surface area contributed by atoms with Crippen molar-refractivity contribution in [3.05, 3.63) is 63.6 Å². The summed E-state index contributed by atoms with van der Waals surface area (Å²) in [6.07, 6.45) is 3.79. The number of nitrogens with one attached hydrogen (secondary N) is 1. The third kappa shape index (κ3) is 3.24. The lowest BCUT2D eigenvalue weighted by atomic mass is 10.1. The highest BCUT2D eigenvalue weighted by atomic mass is 79.9. The van der Waals surface area contributed by atoms with Gasteiger partial charge in [0.25, 0.3) is 0 Å². The molecule has 2 heteroatoms. The molecular weight excluding hydrogens is 310 g/mol. The highest BCUT2D eigenvalue weighted by Gasteiger charge is 2.22. The molecule has 1 aliphatic carbocycles. The van der Waals surface area contributed by atoms with Gasteiger partial charge in [0.1, 0.15) is 0 Å². The van der Waals surface area contributed by atoms with Crippen LogP contribution in [0.3, 0.4) is 0 Å². The van der Waals surface area contributed by atoms with Crippen molar-refractivity contribution in [1.82, 2.24) is 0 Å². The number of aryl methyl sites for hydroxylation is 1. The van der Waals surface area contributed by atoms with Crippen LogP contribution in [-0.4, -0.2) is 0 Å². The van der Waals surface area contributed by atoms with Crippen LogP contribution in [0.15, 0.2) is 46.9 Å². The van der Waals surface area contributed by atoms with Gasteiger partial charge in [-0.15, -0.1) is 0 Å². The standard InChI is InChI=1S/C18H20BrN/c1-2-14-11-17(19)9-10-18(14)20-12-13-3-5-15(6-4-13)16-7-8-16/h3-6,9-11,16,20H,2,7-8,12H2,1H3. The first-order valence-corrected chi connectivity index (χ1v) is 8.16. The average molecular weight is 330 g/mol. The Kier molecular flexibility index (Phi) is 4.11. The fraction of sp³-hybridized carbons (Fsp3) is 0.333. The Morgan fingerprint density at radius 2 is 1.85 bits per heavy atom. The predicted octanol–water partition coefficient (Wildman–Crippen LogP) is 5.50. The average Bonchev–Trinajstić information content (AvgIpc) is 3.31. The van der Waals surface area contributed by atoms with E-state index >= 15 is 0 Å².